The molecule has 4 heterocycles. The highest BCUT2D eigenvalue weighted by molar-refractivity contribution is 5.91. The first-order chi connectivity index (χ1) is 14.3. The van der Waals surface area contributed by atoms with Crippen molar-refractivity contribution in [2.75, 3.05) is 26.2 Å². The minimum absolute atomic E-state index is 0.0349. The van der Waals surface area contributed by atoms with Gasteiger partial charge in [0, 0.05) is 50.7 Å². The van der Waals surface area contributed by atoms with Crippen molar-refractivity contribution in [1.29, 1.82) is 0 Å². The number of aliphatic carboxylic acids is 1. The summed E-state index contributed by atoms with van der Waals surface area (Å²) in [5.41, 5.74) is 2.00. The van der Waals surface area contributed by atoms with Crippen LogP contribution in [0.3, 0.4) is 0 Å². The average Bonchev–Trinajstić information content (AvgIpc) is 3.39. The standard InChI is InChI=1S/C16H17N5O2.C2HF3O2/c22-16(14-3-1-10-23-14)20-8-6-19(7-9-20)12-13-11-18-21-5-2-4-17-15(13)21;3-2(4,5)1(6)7/h1-5,10-11H,6-9,12H2;(H,6,7). The number of rotatable bonds is 3. The molecular weight excluding hydrogens is 407 g/mol. The lowest BCUT2D eigenvalue weighted by atomic mass is 10.2. The zero-order valence-electron chi connectivity index (χ0n) is 15.6. The van der Waals surface area contributed by atoms with Gasteiger partial charge in [0.2, 0.25) is 0 Å². The number of carbonyl (C=O) groups excluding carboxylic acids is 1. The number of carbonyl (C=O) groups is 2. The van der Waals surface area contributed by atoms with Crippen LogP contribution in [0, 0.1) is 0 Å². The van der Waals surface area contributed by atoms with E-state index in [1.165, 1.54) is 6.26 Å². The molecule has 3 aromatic rings. The Morgan fingerprint density at radius 3 is 2.47 bits per heavy atom. The number of hydrogen-bond acceptors (Lipinski definition) is 6. The number of alkyl halides is 3. The number of carboxylic acid groups (broad SMARTS) is 1. The highest BCUT2D eigenvalue weighted by Crippen LogP contribution is 2.14. The second kappa shape index (κ2) is 8.95. The Morgan fingerprint density at radius 1 is 1.17 bits per heavy atom. The quantitative estimate of drug-likeness (QED) is 0.684. The van der Waals surface area contributed by atoms with E-state index in [9.17, 15) is 18.0 Å². The largest absolute Gasteiger partial charge is 0.490 e. The van der Waals surface area contributed by atoms with Gasteiger partial charge in [-0.15, -0.1) is 0 Å². The van der Waals surface area contributed by atoms with Crippen LogP contribution in [-0.4, -0.2) is 73.7 Å². The van der Waals surface area contributed by atoms with E-state index in [-0.39, 0.29) is 5.91 Å². The molecule has 0 unspecified atom stereocenters. The van der Waals surface area contributed by atoms with E-state index >= 15 is 0 Å². The first kappa shape index (κ1) is 21.3. The fourth-order valence-corrected chi connectivity index (χ4v) is 2.89. The van der Waals surface area contributed by atoms with Gasteiger partial charge in [-0.3, -0.25) is 9.69 Å². The third-order valence-electron chi connectivity index (χ3n) is 4.38. The molecule has 4 rings (SSSR count). The maximum atomic E-state index is 12.2. The highest BCUT2D eigenvalue weighted by Gasteiger charge is 2.38. The van der Waals surface area contributed by atoms with Crippen LogP contribution in [0.4, 0.5) is 13.2 Å². The predicted molar refractivity (Wildman–Crippen MR) is 96.6 cm³/mol. The van der Waals surface area contributed by atoms with Crippen molar-refractivity contribution in [3.8, 4) is 0 Å². The second-order valence-corrected chi connectivity index (χ2v) is 6.41. The number of piperazine rings is 1. The highest BCUT2D eigenvalue weighted by atomic mass is 19.4. The molecule has 160 valence electrons. The minimum atomic E-state index is -5.08. The van der Waals surface area contributed by atoms with Crippen molar-refractivity contribution in [2.45, 2.75) is 12.7 Å². The molecule has 1 aliphatic heterocycles. The van der Waals surface area contributed by atoms with Crippen molar-refractivity contribution in [1.82, 2.24) is 24.4 Å². The Kier molecular flexibility index (Phi) is 6.35. The number of fused-ring (bicyclic) bond motifs is 1. The molecule has 30 heavy (non-hydrogen) atoms. The lowest BCUT2D eigenvalue weighted by Gasteiger charge is -2.34. The lowest BCUT2D eigenvalue weighted by molar-refractivity contribution is -0.192. The number of aromatic nitrogens is 3. The molecule has 1 amide bonds. The first-order valence-electron chi connectivity index (χ1n) is 8.88. The second-order valence-electron chi connectivity index (χ2n) is 6.41. The van der Waals surface area contributed by atoms with Crippen LogP contribution in [-0.2, 0) is 11.3 Å². The topological polar surface area (TPSA) is 104 Å². The van der Waals surface area contributed by atoms with Gasteiger partial charge in [0.05, 0.1) is 12.5 Å². The van der Waals surface area contributed by atoms with Gasteiger partial charge in [0.15, 0.2) is 11.4 Å². The van der Waals surface area contributed by atoms with Crippen LogP contribution in [0.2, 0.25) is 0 Å². The van der Waals surface area contributed by atoms with Crippen LogP contribution >= 0.6 is 0 Å². The number of nitrogens with zero attached hydrogens (tertiary/aromatic N) is 5. The Balaban J connectivity index is 0.000000318. The van der Waals surface area contributed by atoms with Crippen LogP contribution in [0.5, 0.6) is 0 Å². The number of halogens is 3. The van der Waals surface area contributed by atoms with E-state index in [0.29, 0.717) is 18.8 Å². The summed E-state index contributed by atoms with van der Waals surface area (Å²) in [6, 6.07) is 5.31. The van der Waals surface area contributed by atoms with E-state index in [1.807, 2.05) is 23.4 Å². The molecule has 1 fully saturated rings. The monoisotopic (exact) mass is 425 g/mol. The average molecular weight is 425 g/mol. The van der Waals surface area contributed by atoms with E-state index in [2.05, 4.69) is 15.0 Å². The fourth-order valence-electron chi connectivity index (χ4n) is 2.89. The van der Waals surface area contributed by atoms with Gasteiger partial charge in [-0.25, -0.2) is 14.3 Å². The summed E-state index contributed by atoms with van der Waals surface area (Å²) < 4.78 is 38.7. The summed E-state index contributed by atoms with van der Waals surface area (Å²) in [5, 5.41) is 11.4. The van der Waals surface area contributed by atoms with E-state index < -0.39 is 12.1 Å². The summed E-state index contributed by atoms with van der Waals surface area (Å²) in [7, 11) is 0. The van der Waals surface area contributed by atoms with Crippen molar-refractivity contribution < 1.29 is 32.3 Å². The molecule has 0 bridgehead atoms. The Hall–Kier alpha value is -3.41. The zero-order chi connectivity index (χ0) is 21.7. The first-order valence-corrected chi connectivity index (χ1v) is 8.88. The molecule has 1 aliphatic rings. The lowest BCUT2D eigenvalue weighted by Crippen LogP contribution is -2.48. The predicted octanol–water partition coefficient (Wildman–Crippen LogP) is 1.91. The normalized spacial score (nSPS) is 15.0. The fraction of sp³-hybridized carbons (Fsp3) is 0.333. The molecule has 0 aromatic carbocycles. The summed E-state index contributed by atoms with van der Waals surface area (Å²) >= 11 is 0. The molecule has 9 nitrogen and oxygen atoms in total. The van der Waals surface area contributed by atoms with Crippen molar-refractivity contribution in [2.24, 2.45) is 0 Å². The maximum Gasteiger partial charge on any atom is 0.490 e. The van der Waals surface area contributed by atoms with E-state index in [1.54, 1.807) is 22.8 Å². The summed E-state index contributed by atoms with van der Waals surface area (Å²) in [6.45, 7) is 3.86. The number of furan rings is 1. The van der Waals surface area contributed by atoms with Crippen molar-refractivity contribution in [3.05, 3.63) is 54.4 Å². The molecular formula is C18H18F3N5O4. The smallest absolute Gasteiger partial charge is 0.475 e. The SMILES string of the molecule is O=C(O)C(F)(F)F.O=C(c1ccco1)N1CCN(Cc2cnn3cccnc23)CC1. The van der Waals surface area contributed by atoms with Gasteiger partial charge in [0.1, 0.15) is 0 Å². The van der Waals surface area contributed by atoms with Crippen LogP contribution in [0.25, 0.3) is 5.65 Å². The van der Waals surface area contributed by atoms with Crippen LogP contribution in [0.15, 0.2) is 47.5 Å². The van der Waals surface area contributed by atoms with Crippen LogP contribution in [0.1, 0.15) is 16.1 Å². The molecule has 0 spiro atoms. The molecule has 0 atom stereocenters. The summed E-state index contributed by atoms with van der Waals surface area (Å²) in [6.07, 6.45) is 1.98. The van der Waals surface area contributed by atoms with Gasteiger partial charge >= 0.3 is 12.1 Å². The number of amides is 1. The van der Waals surface area contributed by atoms with Gasteiger partial charge < -0.3 is 14.4 Å². The van der Waals surface area contributed by atoms with Gasteiger partial charge in [-0.2, -0.15) is 18.3 Å². The molecule has 12 heteroatoms. The van der Waals surface area contributed by atoms with Crippen molar-refractivity contribution in [3.63, 3.8) is 0 Å². The minimum Gasteiger partial charge on any atom is -0.475 e. The molecule has 0 aliphatic carbocycles. The van der Waals surface area contributed by atoms with E-state index in [0.717, 1.165) is 30.8 Å². The third kappa shape index (κ3) is 5.14. The van der Waals surface area contributed by atoms with Crippen LogP contribution < -0.4 is 0 Å². The number of carboxylic acids is 1. The van der Waals surface area contributed by atoms with Gasteiger partial charge in [-0.05, 0) is 18.2 Å². The molecule has 0 saturated carbocycles. The number of hydrogen-bond donors (Lipinski definition) is 1. The third-order valence-corrected chi connectivity index (χ3v) is 4.38. The van der Waals surface area contributed by atoms with Gasteiger partial charge in [-0.1, -0.05) is 0 Å². The summed E-state index contributed by atoms with van der Waals surface area (Å²) in [5.74, 6) is -2.38. The molecule has 3 aromatic heterocycles. The van der Waals surface area contributed by atoms with Gasteiger partial charge in [0.25, 0.3) is 5.91 Å². The van der Waals surface area contributed by atoms with Crippen molar-refractivity contribution >= 4 is 17.5 Å². The zero-order valence-corrected chi connectivity index (χ0v) is 15.6. The Morgan fingerprint density at radius 2 is 1.87 bits per heavy atom. The summed E-state index contributed by atoms with van der Waals surface area (Å²) in [4.78, 5) is 29.7. The maximum absolute atomic E-state index is 12.2. The Labute approximate surface area is 168 Å². The molecule has 1 saturated heterocycles. The molecule has 1 N–H and O–H groups in total. The van der Waals surface area contributed by atoms with E-state index in [4.69, 9.17) is 14.3 Å². The Bertz CT molecular complexity index is 995. The molecule has 0 radical (unpaired) electrons.